The molecule has 0 saturated heterocycles. The molecule has 8 nitrogen and oxygen atoms in total. The summed E-state index contributed by atoms with van der Waals surface area (Å²) in [5, 5.41) is 5.09. The van der Waals surface area contributed by atoms with Gasteiger partial charge >= 0.3 is 0 Å². The number of carbonyl (C=O) groups excluding carboxylic acids is 3. The van der Waals surface area contributed by atoms with Crippen molar-refractivity contribution in [2.24, 2.45) is 0 Å². The van der Waals surface area contributed by atoms with E-state index < -0.39 is 11.8 Å². The first kappa shape index (κ1) is 22.3. The van der Waals surface area contributed by atoms with Crippen LogP contribution in [-0.2, 0) is 4.79 Å². The van der Waals surface area contributed by atoms with Crippen molar-refractivity contribution in [3.05, 3.63) is 58.1 Å². The second-order valence-electron chi connectivity index (χ2n) is 5.69. The molecule has 0 aromatic heterocycles. The Morgan fingerprint density at radius 1 is 1.00 bits per heavy atom. The molecule has 0 spiro atoms. The standard InChI is InChI=1S/C19H19BrN4O4S/c1-3-16(25)21-13-7-4-11(5-8-13)18(27)23-24-19(29)22-17(26)12-6-9-15(28-2)14(20)10-12/h4-10H,3H2,1-2H3,(H,21,25)(H,23,27)(H2,22,24,26,29). The van der Waals surface area contributed by atoms with Crippen LogP contribution in [-0.4, -0.2) is 29.9 Å². The lowest BCUT2D eigenvalue weighted by molar-refractivity contribution is -0.115. The third-order valence-corrected chi connectivity index (χ3v) is 4.51. The number of methoxy groups -OCH3 is 1. The van der Waals surface area contributed by atoms with Gasteiger partial charge in [0.2, 0.25) is 5.91 Å². The molecule has 0 radical (unpaired) electrons. The van der Waals surface area contributed by atoms with Gasteiger partial charge in [0.1, 0.15) is 5.75 Å². The van der Waals surface area contributed by atoms with Crippen molar-refractivity contribution < 1.29 is 19.1 Å². The lowest BCUT2D eigenvalue weighted by Crippen LogP contribution is -2.48. The molecule has 0 bridgehead atoms. The van der Waals surface area contributed by atoms with E-state index in [1.54, 1.807) is 49.4 Å². The molecule has 2 aromatic rings. The lowest BCUT2D eigenvalue weighted by Gasteiger charge is -2.12. The van der Waals surface area contributed by atoms with Crippen molar-refractivity contribution in [1.29, 1.82) is 0 Å². The highest BCUT2D eigenvalue weighted by Crippen LogP contribution is 2.25. The molecule has 0 aliphatic rings. The van der Waals surface area contributed by atoms with Crippen LogP contribution in [0.2, 0.25) is 0 Å². The molecule has 29 heavy (non-hydrogen) atoms. The van der Waals surface area contributed by atoms with E-state index in [0.29, 0.717) is 33.5 Å². The predicted molar refractivity (Wildman–Crippen MR) is 117 cm³/mol. The number of thiocarbonyl (C=S) groups is 1. The lowest BCUT2D eigenvalue weighted by atomic mass is 10.2. The molecule has 4 N–H and O–H groups in total. The molecule has 10 heteroatoms. The Balaban J connectivity index is 1.86. The van der Waals surface area contributed by atoms with Crippen molar-refractivity contribution in [1.82, 2.24) is 16.2 Å². The zero-order valence-corrected chi connectivity index (χ0v) is 18.1. The van der Waals surface area contributed by atoms with Gasteiger partial charge in [0, 0.05) is 23.2 Å². The minimum atomic E-state index is -0.456. The monoisotopic (exact) mass is 478 g/mol. The Kier molecular flexibility index (Phi) is 8.10. The molecule has 0 fully saturated rings. The van der Waals surface area contributed by atoms with Crippen LogP contribution in [0.25, 0.3) is 0 Å². The zero-order chi connectivity index (χ0) is 21.4. The van der Waals surface area contributed by atoms with Gasteiger partial charge in [0.25, 0.3) is 11.8 Å². The topological polar surface area (TPSA) is 109 Å². The molecule has 0 aliphatic heterocycles. The summed E-state index contributed by atoms with van der Waals surface area (Å²) in [5.74, 6) is -0.429. The fraction of sp³-hybridized carbons (Fsp3) is 0.158. The zero-order valence-electron chi connectivity index (χ0n) is 15.7. The number of halogens is 1. The van der Waals surface area contributed by atoms with Crippen molar-refractivity contribution in [2.45, 2.75) is 13.3 Å². The first-order chi connectivity index (χ1) is 13.8. The van der Waals surface area contributed by atoms with E-state index in [1.165, 1.54) is 7.11 Å². The Bertz CT molecular complexity index is 934. The van der Waals surface area contributed by atoms with Crippen LogP contribution < -0.4 is 26.2 Å². The number of amides is 3. The molecule has 0 heterocycles. The van der Waals surface area contributed by atoms with Gasteiger partial charge in [-0.25, -0.2) is 0 Å². The van der Waals surface area contributed by atoms with E-state index in [1.807, 2.05) is 0 Å². The molecule has 3 amide bonds. The Labute approximate surface area is 181 Å². The van der Waals surface area contributed by atoms with E-state index in [0.717, 1.165) is 0 Å². The number of hydrogen-bond acceptors (Lipinski definition) is 5. The van der Waals surface area contributed by atoms with Gasteiger partial charge in [0.15, 0.2) is 5.11 Å². The minimum absolute atomic E-state index is 0.0675. The first-order valence-corrected chi connectivity index (χ1v) is 9.69. The van der Waals surface area contributed by atoms with Gasteiger partial charge < -0.3 is 10.1 Å². The maximum Gasteiger partial charge on any atom is 0.269 e. The summed E-state index contributed by atoms with van der Waals surface area (Å²) in [6.07, 6.45) is 0.364. The fourth-order valence-corrected chi connectivity index (χ4v) is 2.84. The van der Waals surface area contributed by atoms with E-state index in [2.05, 4.69) is 37.4 Å². The Morgan fingerprint density at radius 3 is 2.24 bits per heavy atom. The third kappa shape index (κ3) is 6.54. The highest BCUT2D eigenvalue weighted by Gasteiger charge is 2.12. The fourth-order valence-electron chi connectivity index (χ4n) is 2.15. The van der Waals surface area contributed by atoms with Crippen LogP contribution in [0.15, 0.2) is 46.9 Å². The number of anilines is 1. The number of ether oxygens (including phenoxy) is 1. The van der Waals surface area contributed by atoms with E-state index in [9.17, 15) is 14.4 Å². The van der Waals surface area contributed by atoms with Crippen LogP contribution in [0.5, 0.6) is 5.75 Å². The second-order valence-corrected chi connectivity index (χ2v) is 6.95. The van der Waals surface area contributed by atoms with Gasteiger partial charge in [-0.3, -0.25) is 30.6 Å². The van der Waals surface area contributed by atoms with Crippen molar-refractivity contribution in [3.8, 4) is 5.75 Å². The van der Waals surface area contributed by atoms with Crippen LogP contribution in [0.4, 0.5) is 5.69 Å². The summed E-state index contributed by atoms with van der Waals surface area (Å²) in [6, 6.07) is 11.2. The second kappa shape index (κ2) is 10.5. The molecular formula is C19H19BrN4O4S. The molecule has 2 rings (SSSR count). The number of hydrogen-bond donors (Lipinski definition) is 4. The summed E-state index contributed by atoms with van der Waals surface area (Å²) < 4.78 is 5.74. The molecule has 0 aliphatic carbocycles. The highest BCUT2D eigenvalue weighted by atomic mass is 79.9. The van der Waals surface area contributed by atoms with Crippen molar-refractivity contribution in [2.75, 3.05) is 12.4 Å². The molecule has 0 saturated carbocycles. The van der Waals surface area contributed by atoms with Crippen molar-refractivity contribution >= 4 is 56.7 Å². The number of rotatable bonds is 5. The van der Waals surface area contributed by atoms with Crippen LogP contribution >= 0.6 is 28.1 Å². The van der Waals surface area contributed by atoms with E-state index in [4.69, 9.17) is 17.0 Å². The van der Waals surface area contributed by atoms with E-state index >= 15 is 0 Å². The summed E-state index contributed by atoms with van der Waals surface area (Å²) in [5.41, 5.74) is 6.16. The number of hydrazine groups is 1. The average Bonchev–Trinajstić information content (AvgIpc) is 2.72. The SMILES string of the molecule is CCC(=O)Nc1ccc(C(=O)NNC(=S)NC(=O)c2ccc(OC)c(Br)c2)cc1. The average molecular weight is 479 g/mol. The predicted octanol–water partition coefficient (Wildman–Crippen LogP) is 2.76. The third-order valence-electron chi connectivity index (χ3n) is 3.68. The summed E-state index contributed by atoms with van der Waals surface area (Å²) in [7, 11) is 1.52. The Morgan fingerprint density at radius 2 is 1.66 bits per heavy atom. The Hall–Kier alpha value is -2.98. The molecule has 0 unspecified atom stereocenters. The number of nitrogens with one attached hydrogen (secondary N) is 4. The largest absolute Gasteiger partial charge is 0.496 e. The summed E-state index contributed by atoms with van der Waals surface area (Å²) in [6.45, 7) is 1.75. The number of carbonyl (C=O) groups is 3. The quantitative estimate of drug-likeness (QED) is 0.388. The molecule has 2 aromatic carbocycles. The minimum Gasteiger partial charge on any atom is -0.496 e. The van der Waals surface area contributed by atoms with Gasteiger partial charge in [-0.05, 0) is 70.6 Å². The van der Waals surface area contributed by atoms with Gasteiger partial charge in [-0.1, -0.05) is 6.92 Å². The van der Waals surface area contributed by atoms with Crippen LogP contribution in [0.1, 0.15) is 34.1 Å². The maximum atomic E-state index is 12.2. The van der Waals surface area contributed by atoms with Gasteiger partial charge in [-0.15, -0.1) is 0 Å². The van der Waals surface area contributed by atoms with Crippen LogP contribution in [0, 0.1) is 0 Å². The van der Waals surface area contributed by atoms with Crippen LogP contribution in [0.3, 0.4) is 0 Å². The first-order valence-electron chi connectivity index (χ1n) is 8.49. The summed E-state index contributed by atoms with van der Waals surface area (Å²) >= 11 is 8.33. The maximum absolute atomic E-state index is 12.2. The summed E-state index contributed by atoms with van der Waals surface area (Å²) in [4.78, 5) is 35.7. The van der Waals surface area contributed by atoms with E-state index in [-0.39, 0.29) is 11.0 Å². The smallest absolute Gasteiger partial charge is 0.269 e. The normalized spacial score (nSPS) is 9.90. The van der Waals surface area contributed by atoms with Gasteiger partial charge in [-0.2, -0.15) is 0 Å². The molecular weight excluding hydrogens is 460 g/mol. The molecule has 0 atom stereocenters. The van der Waals surface area contributed by atoms with Crippen molar-refractivity contribution in [3.63, 3.8) is 0 Å². The molecule has 152 valence electrons. The highest BCUT2D eigenvalue weighted by molar-refractivity contribution is 9.10. The number of benzene rings is 2. The van der Waals surface area contributed by atoms with Gasteiger partial charge in [0.05, 0.1) is 11.6 Å².